The van der Waals surface area contributed by atoms with Gasteiger partial charge in [-0.1, -0.05) is 18.2 Å². The van der Waals surface area contributed by atoms with Crippen molar-refractivity contribution < 1.29 is 9.18 Å². The molecule has 2 N–H and O–H groups in total. The first-order chi connectivity index (χ1) is 11.6. The van der Waals surface area contributed by atoms with Crippen LogP contribution in [-0.2, 0) is 11.3 Å². The zero-order valence-electron chi connectivity index (χ0n) is 13.1. The minimum Gasteiger partial charge on any atom is -0.358 e. The van der Waals surface area contributed by atoms with Crippen molar-refractivity contribution in [1.29, 1.82) is 0 Å². The maximum atomic E-state index is 13.2. The third-order valence-corrected chi connectivity index (χ3v) is 4.08. The molecule has 6 heteroatoms. The van der Waals surface area contributed by atoms with Crippen LogP contribution in [0.3, 0.4) is 0 Å². The number of carbonyl (C=O) groups excluding carboxylic acids is 1. The number of thiocarbonyl (C=S) groups is 1. The molecule has 0 atom stereocenters. The normalized spacial score (nSPS) is 13.9. The highest BCUT2D eigenvalue weighted by Crippen LogP contribution is 2.24. The van der Waals surface area contributed by atoms with Crippen molar-refractivity contribution in [3.05, 3.63) is 59.9 Å². The topological polar surface area (TPSA) is 44.4 Å². The second-order valence-electron chi connectivity index (χ2n) is 5.64. The van der Waals surface area contributed by atoms with Gasteiger partial charge in [0.2, 0.25) is 5.91 Å². The third-order valence-electron chi connectivity index (χ3n) is 3.83. The van der Waals surface area contributed by atoms with Gasteiger partial charge in [-0.25, -0.2) is 4.39 Å². The molecule has 0 unspecified atom stereocenters. The fraction of sp³-hybridized carbons (Fsp3) is 0.222. The summed E-state index contributed by atoms with van der Waals surface area (Å²) < 4.78 is 13.2. The quantitative estimate of drug-likeness (QED) is 0.835. The van der Waals surface area contributed by atoms with Crippen LogP contribution in [0.4, 0.5) is 15.8 Å². The van der Waals surface area contributed by atoms with Gasteiger partial charge >= 0.3 is 0 Å². The van der Waals surface area contributed by atoms with E-state index in [0.29, 0.717) is 18.1 Å². The van der Waals surface area contributed by atoms with Crippen LogP contribution in [0.2, 0.25) is 0 Å². The van der Waals surface area contributed by atoms with E-state index in [2.05, 4.69) is 10.6 Å². The highest BCUT2D eigenvalue weighted by atomic mass is 32.1. The van der Waals surface area contributed by atoms with Gasteiger partial charge < -0.3 is 15.5 Å². The summed E-state index contributed by atoms with van der Waals surface area (Å²) in [4.78, 5) is 13.6. The minimum absolute atomic E-state index is 0.152. The van der Waals surface area contributed by atoms with Gasteiger partial charge in [0.15, 0.2) is 5.11 Å². The zero-order chi connectivity index (χ0) is 16.9. The Hall–Kier alpha value is -2.47. The minimum atomic E-state index is -0.267. The Morgan fingerprint density at radius 3 is 2.79 bits per heavy atom. The van der Waals surface area contributed by atoms with E-state index in [1.807, 2.05) is 30.3 Å². The molecule has 3 rings (SSSR count). The molecule has 0 radical (unpaired) electrons. The van der Waals surface area contributed by atoms with Crippen molar-refractivity contribution in [2.45, 2.75) is 19.4 Å². The second-order valence-corrected chi connectivity index (χ2v) is 6.05. The number of benzene rings is 2. The van der Waals surface area contributed by atoms with Crippen molar-refractivity contribution in [2.75, 3.05) is 16.8 Å². The number of amides is 1. The molecule has 0 saturated carbocycles. The molecular weight excluding hydrogens is 325 g/mol. The summed E-state index contributed by atoms with van der Waals surface area (Å²) in [7, 11) is 0. The van der Waals surface area contributed by atoms with Gasteiger partial charge in [0.1, 0.15) is 5.82 Å². The average Bonchev–Trinajstić information content (AvgIpc) is 2.99. The molecule has 1 saturated heterocycles. The van der Waals surface area contributed by atoms with Crippen LogP contribution in [0.1, 0.15) is 18.4 Å². The average molecular weight is 343 g/mol. The number of halogens is 1. The summed E-state index contributed by atoms with van der Waals surface area (Å²) in [6.07, 6.45) is 1.50. The summed E-state index contributed by atoms with van der Waals surface area (Å²) >= 11 is 5.27. The van der Waals surface area contributed by atoms with Crippen molar-refractivity contribution in [3.8, 4) is 0 Å². The number of anilines is 2. The summed E-state index contributed by atoms with van der Waals surface area (Å²) in [5.41, 5.74) is 2.50. The molecule has 1 heterocycles. The molecule has 1 fully saturated rings. The predicted octanol–water partition coefficient (Wildman–Crippen LogP) is 3.44. The van der Waals surface area contributed by atoms with Crippen LogP contribution in [0, 0.1) is 5.82 Å². The molecule has 124 valence electrons. The van der Waals surface area contributed by atoms with Gasteiger partial charge in [0.25, 0.3) is 0 Å². The Kier molecular flexibility index (Phi) is 5.05. The van der Waals surface area contributed by atoms with E-state index in [4.69, 9.17) is 12.2 Å². The monoisotopic (exact) mass is 343 g/mol. The predicted molar refractivity (Wildman–Crippen MR) is 97.5 cm³/mol. The number of rotatable bonds is 4. The Balaban J connectivity index is 1.59. The fourth-order valence-electron chi connectivity index (χ4n) is 2.68. The summed E-state index contributed by atoms with van der Waals surface area (Å²) in [5, 5.41) is 6.59. The van der Waals surface area contributed by atoms with Crippen LogP contribution in [0.15, 0.2) is 48.5 Å². The molecule has 1 amide bonds. The van der Waals surface area contributed by atoms with Crippen LogP contribution in [0.25, 0.3) is 0 Å². The lowest BCUT2D eigenvalue weighted by atomic mass is 10.2. The largest absolute Gasteiger partial charge is 0.358 e. The smallest absolute Gasteiger partial charge is 0.227 e. The van der Waals surface area contributed by atoms with Crippen LogP contribution < -0.4 is 15.5 Å². The summed E-state index contributed by atoms with van der Waals surface area (Å²) in [5.74, 6) is -0.116. The fourth-order valence-corrected chi connectivity index (χ4v) is 2.87. The van der Waals surface area contributed by atoms with E-state index in [-0.39, 0.29) is 11.7 Å². The van der Waals surface area contributed by atoms with E-state index in [1.54, 1.807) is 11.0 Å². The molecule has 1 aliphatic rings. The lowest BCUT2D eigenvalue weighted by Crippen LogP contribution is -2.28. The molecule has 4 nitrogen and oxygen atoms in total. The standard InChI is InChI=1S/C18H18FN3OS/c19-14-5-1-4-13(10-14)12-20-18(24)21-15-6-2-7-16(11-15)22-9-3-8-17(22)23/h1-2,4-7,10-11H,3,8-9,12H2,(H2,20,21,24). The van der Waals surface area contributed by atoms with Gasteiger partial charge in [0.05, 0.1) is 0 Å². The SMILES string of the molecule is O=C1CCCN1c1cccc(NC(=S)NCc2cccc(F)c2)c1. The molecule has 0 aromatic heterocycles. The maximum Gasteiger partial charge on any atom is 0.227 e. The Bertz CT molecular complexity index is 765. The number of hydrogen-bond acceptors (Lipinski definition) is 2. The Labute approximate surface area is 145 Å². The molecule has 1 aliphatic heterocycles. The first-order valence-corrected chi connectivity index (χ1v) is 8.22. The van der Waals surface area contributed by atoms with Crippen LogP contribution in [0.5, 0.6) is 0 Å². The molecule has 0 aliphatic carbocycles. The van der Waals surface area contributed by atoms with Gasteiger partial charge in [-0.05, 0) is 54.5 Å². The first kappa shape index (κ1) is 16.4. The lowest BCUT2D eigenvalue weighted by Gasteiger charge is -2.17. The summed E-state index contributed by atoms with van der Waals surface area (Å²) in [6, 6.07) is 14.0. The number of hydrogen-bond donors (Lipinski definition) is 2. The van der Waals surface area contributed by atoms with Crippen molar-refractivity contribution >= 4 is 34.6 Å². The number of carbonyl (C=O) groups is 1. The van der Waals surface area contributed by atoms with Crippen LogP contribution in [-0.4, -0.2) is 17.6 Å². The van der Waals surface area contributed by atoms with Gasteiger partial charge in [0, 0.05) is 30.9 Å². The zero-order valence-corrected chi connectivity index (χ0v) is 13.9. The molecule has 2 aromatic carbocycles. The summed E-state index contributed by atoms with van der Waals surface area (Å²) in [6.45, 7) is 1.19. The first-order valence-electron chi connectivity index (χ1n) is 7.81. The van der Waals surface area contributed by atoms with E-state index >= 15 is 0 Å². The molecule has 2 aromatic rings. The maximum absolute atomic E-state index is 13.2. The highest BCUT2D eigenvalue weighted by Gasteiger charge is 2.21. The molecule has 0 spiro atoms. The van der Waals surface area contributed by atoms with E-state index < -0.39 is 0 Å². The van der Waals surface area contributed by atoms with Crippen LogP contribution >= 0.6 is 12.2 Å². The van der Waals surface area contributed by atoms with Gasteiger partial charge in [-0.15, -0.1) is 0 Å². The third kappa shape index (κ3) is 4.08. The number of nitrogens with zero attached hydrogens (tertiary/aromatic N) is 1. The second kappa shape index (κ2) is 7.40. The van der Waals surface area contributed by atoms with E-state index in [0.717, 1.165) is 29.9 Å². The molecule has 24 heavy (non-hydrogen) atoms. The highest BCUT2D eigenvalue weighted by molar-refractivity contribution is 7.80. The Morgan fingerprint density at radius 1 is 1.21 bits per heavy atom. The number of nitrogens with one attached hydrogen (secondary N) is 2. The van der Waals surface area contributed by atoms with Crippen molar-refractivity contribution in [1.82, 2.24) is 5.32 Å². The Morgan fingerprint density at radius 2 is 2.04 bits per heavy atom. The van der Waals surface area contributed by atoms with E-state index in [1.165, 1.54) is 12.1 Å². The van der Waals surface area contributed by atoms with Gasteiger partial charge in [-0.2, -0.15) is 0 Å². The van der Waals surface area contributed by atoms with Crippen molar-refractivity contribution in [3.63, 3.8) is 0 Å². The van der Waals surface area contributed by atoms with Gasteiger partial charge in [-0.3, -0.25) is 4.79 Å². The molecule has 0 bridgehead atoms. The molecular formula is C18H18FN3OS. The lowest BCUT2D eigenvalue weighted by molar-refractivity contribution is -0.117. The van der Waals surface area contributed by atoms with Crippen molar-refractivity contribution in [2.24, 2.45) is 0 Å². The van der Waals surface area contributed by atoms with E-state index in [9.17, 15) is 9.18 Å².